The molecule has 0 atom stereocenters. The molecule has 0 unspecified atom stereocenters. The second kappa shape index (κ2) is 4.45. The average Bonchev–Trinajstić information content (AvgIpc) is 2.71. The minimum Gasteiger partial charge on any atom is -0.441 e. The molecule has 0 aliphatic heterocycles. The molecule has 1 heterocycles. The van der Waals surface area contributed by atoms with Crippen LogP contribution in [0.1, 0.15) is 11.5 Å². The number of benzene rings is 1. The highest BCUT2D eigenvalue weighted by molar-refractivity contribution is 5.58. The highest BCUT2D eigenvalue weighted by Crippen LogP contribution is 2.24. The summed E-state index contributed by atoms with van der Waals surface area (Å²) in [6.07, 6.45) is 2.09. The number of hydrogen-bond acceptors (Lipinski definition) is 3. The molecule has 2 N–H and O–H groups in total. The van der Waals surface area contributed by atoms with Crippen LogP contribution >= 0.6 is 0 Å². The summed E-state index contributed by atoms with van der Waals surface area (Å²) in [4.78, 5) is 4.04. The predicted molar refractivity (Wildman–Crippen MR) is 59.4 cm³/mol. The topological polar surface area (TPSA) is 52.0 Å². The number of nitrogens with two attached hydrogens (primary N) is 1. The van der Waals surface area contributed by atoms with Crippen LogP contribution in [-0.4, -0.2) is 11.5 Å². The molecule has 0 fully saturated rings. The first-order valence-electron chi connectivity index (χ1n) is 5.12. The van der Waals surface area contributed by atoms with Crippen LogP contribution in [0.5, 0.6) is 0 Å². The Morgan fingerprint density at radius 2 is 2.25 bits per heavy atom. The highest BCUT2D eigenvalue weighted by Gasteiger charge is 2.10. The molecule has 0 aliphatic rings. The lowest BCUT2D eigenvalue weighted by atomic mass is 10.1. The lowest BCUT2D eigenvalue weighted by molar-refractivity contribution is 0.504. The van der Waals surface area contributed by atoms with Crippen LogP contribution in [0, 0.1) is 12.7 Å². The van der Waals surface area contributed by atoms with Gasteiger partial charge in [-0.3, -0.25) is 0 Å². The summed E-state index contributed by atoms with van der Waals surface area (Å²) >= 11 is 0. The van der Waals surface area contributed by atoms with Gasteiger partial charge in [-0.05, 0) is 19.1 Å². The van der Waals surface area contributed by atoms with Gasteiger partial charge in [-0.1, -0.05) is 11.6 Å². The van der Waals surface area contributed by atoms with Crippen LogP contribution in [0.4, 0.5) is 4.39 Å². The standard InChI is InChI=1S/C12H13FN2O/c1-8-2-3-10(13)9(6-8)11-7-15-12(16-11)4-5-14/h2-3,6-7H,4-5,14H2,1H3. The smallest absolute Gasteiger partial charge is 0.196 e. The first-order valence-corrected chi connectivity index (χ1v) is 5.12. The van der Waals surface area contributed by atoms with Crippen LogP contribution in [0.25, 0.3) is 11.3 Å². The van der Waals surface area contributed by atoms with E-state index in [1.165, 1.54) is 12.3 Å². The van der Waals surface area contributed by atoms with Gasteiger partial charge in [0.2, 0.25) is 0 Å². The average molecular weight is 220 g/mol. The molecular formula is C12H13FN2O. The van der Waals surface area contributed by atoms with Crippen LogP contribution in [0.2, 0.25) is 0 Å². The lowest BCUT2D eigenvalue weighted by Gasteiger charge is -2.00. The van der Waals surface area contributed by atoms with Gasteiger partial charge >= 0.3 is 0 Å². The normalized spacial score (nSPS) is 10.7. The van der Waals surface area contributed by atoms with E-state index in [2.05, 4.69) is 4.98 Å². The fourth-order valence-electron chi connectivity index (χ4n) is 1.50. The fourth-order valence-corrected chi connectivity index (χ4v) is 1.50. The number of nitrogens with zero attached hydrogens (tertiary/aromatic N) is 1. The van der Waals surface area contributed by atoms with Gasteiger partial charge in [0.15, 0.2) is 11.7 Å². The number of oxazole rings is 1. The molecule has 0 radical (unpaired) electrons. The summed E-state index contributed by atoms with van der Waals surface area (Å²) in [6, 6.07) is 4.88. The minimum absolute atomic E-state index is 0.305. The van der Waals surface area contributed by atoms with E-state index in [1.807, 2.05) is 6.92 Å². The second-order valence-corrected chi connectivity index (χ2v) is 3.64. The Morgan fingerprint density at radius 1 is 1.44 bits per heavy atom. The van der Waals surface area contributed by atoms with E-state index >= 15 is 0 Å². The molecule has 16 heavy (non-hydrogen) atoms. The third-order valence-electron chi connectivity index (χ3n) is 2.30. The van der Waals surface area contributed by atoms with Crippen molar-refractivity contribution in [3.63, 3.8) is 0 Å². The molecule has 0 saturated heterocycles. The van der Waals surface area contributed by atoms with Crippen molar-refractivity contribution in [3.05, 3.63) is 41.7 Å². The number of halogens is 1. The van der Waals surface area contributed by atoms with E-state index in [0.717, 1.165) is 5.56 Å². The Labute approximate surface area is 93.1 Å². The van der Waals surface area contributed by atoms with E-state index in [0.29, 0.717) is 30.2 Å². The molecule has 0 saturated carbocycles. The quantitative estimate of drug-likeness (QED) is 0.863. The molecule has 3 nitrogen and oxygen atoms in total. The van der Waals surface area contributed by atoms with Crippen molar-refractivity contribution in [1.29, 1.82) is 0 Å². The van der Waals surface area contributed by atoms with Crippen molar-refractivity contribution in [3.8, 4) is 11.3 Å². The monoisotopic (exact) mass is 220 g/mol. The van der Waals surface area contributed by atoms with Crippen LogP contribution in [-0.2, 0) is 6.42 Å². The Hall–Kier alpha value is -1.68. The van der Waals surface area contributed by atoms with E-state index in [1.54, 1.807) is 12.1 Å². The van der Waals surface area contributed by atoms with Crippen LogP contribution in [0.3, 0.4) is 0 Å². The number of aryl methyl sites for hydroxylation is 1. The molecule has 0 bridgehead atoms. The van der Waals surface area contributed by atoms with Gasteiger partial charge in [-0.2, -0.15) is 0 Å². The largest absolute Gasteiger partial charge is 0.441 e. The number of hydrogen-bond donors (Lipinski definition) is 1. The first-order chi connectivity index (χ1) is 7.70. The third kappa shape index (κ3) is 2.12. The van der Waals surface area contributed by atoms with Gasteiger partial charge in [0.1, 0.15) is 5.82 Å². The zero-order valence-electron chi connectivity index (χ0n) is 9.03. The maximum atomic E-state index is 13.5. The summed E-state index contributed by atoms with van der Waals surface area (Å²) < 4.78 is 19.0. The zero-order valence-corrected chi connectivity index (χ0v) is 9.03. The number of aromatic nitrogens is 1. The Morgan fingerprint density at radius 3 is 3.00 bits per heavy atom. The summed E-state index contributed by atoms with van der Waals surface area (Å²) in [7, 11) is 0. The predicted octanol–water partition coefficient (Wildman–Crippen LogP) is 2.29. The molecule has 4 heteroatoms. The zero-order chi connectivity index (χ0) is 11.5. The fraction of sp³-hybridized carbons (Fsp3) is 0.250. The summed E-state index contributed by atoms with van der Waals surface area (Å²) in [6.45, 7) is 2.37. The molecule has 0 aliphatic carbocycles. The molecular weight excluding hydrogens is 207 g/mol. The minimum atomic E-state index is -0.305. The van der Waals surface area contributed by atoms with E-state index in [4.69, 9.17) is 10.2 Å². The maximum absolute atomic E-state index is 13.5. The Bertz CT molecular complexity index is 494. The third-order valence-corrected chi connectivity index (χ3v) is 2.30. The second-order valence-electron chi connectivity index (χ2n) is 3.64. The van der Waals surface area contributed by atoms with Gasteiger partial charge in [0.25, 0.3) is 0 Å². The van der Waals surface area contributed by atoms with E-state index < -0.39 is 0 Å². The summed E-state index contributed by atoms with van der Waals surface area (Å²) in [5, 5.41) is 0. The van der Waals surface area contributed by atoms with Gasteiger partial charge < -0.3 is 10.2 Å². The SMILES string of the molecule is Cc1ccc(F)c(-c2cnc(CCN)o2)c1. The first kappa shape index (κ1) is 10.8. The van der Waals surface area contributed by atoms with Crippen LogP contribution < -0.4 is 5.73 Å². The van der Waals surface area contributed by atoms with Crippen molar-refractivity contribution >= 4 is 0 Å². The van der Waals surface area contributed by atoms with Crippen molar-refractivity contribution in [2.45, 2.75) is 13.3 Å². The Balaban J connectivity index is 2.38. The van der Waals surface area contributed by atoms with E-state index in [9.17, 15) is 4.39 Å². The Kier molecular flexibility index (Phi) is 3.01. The van der Waals surface area contributed by atoms with Gasteiger partial charge in [0, 0.05) is 13.0 Å². The molecule has 1 aromatic heterocycles. The molecule has 2 aromatic rings. The molecule has 84 valence electrons. The lowest BCUT2D eigenvalue weighted by Crippen LogP contribution is -2.02. The van der Waals surface area contributed by atoms with Crippen molar-refractivity contribution in [2.24, 2.45) is 5.73 Å². The van der Waals surface area contributed by atoms with Gasteiger partial charge in [0.05, 0.1) is 11.8 Å². The molecule has 0 spiro atoms. The summed E-state index contributed by atoms with van der Waals surface area (Å²) in [5.74, 6) is 0.684. The van der Waals surface area contributed by atoms with E-state index in [-0.39, 0.29) is 5.82 Å². The van der Waals surface area contributed by atoms with Gasteiger partial charge in [-0.25, -0.2) is 9.37 Å². The van der Waals surface area contributed by atoms with Gasteiger partial charge in [-0.15, -0.1) is 0 Å². The number of rotatable bonds is 3. The van der Waals surface area contributed by atoms with Crippen molar-refractivity contribution in [1.82, 2.24) is 4.98 Å². The molecule has 2 rings (SSSR count). The van der Waals surface area contributed by atoms with Crippen molar-refractivity contribution < 1.29 is 8.81 Å². The molecule has 1 aromatic carbocycles. The maximum Gasteiger partial charge on any atom is 0.196 e. The van der Waals surface area contributed by atoms with Crippen molar-refractivity contribution in [2.75, 3.05) is 6.54 Å². The molecule has 0 amide bonds. The summed E-state index contributed by atoms with van der Waals surface area (Å²) in [5.41, 5.74) is 6.81. The van der Waals surface area contributed by atoms with Crippen LogP contribution in [0.15, 0.2) is 28.8 Å². The highest BCUT2D eigenvalue weighted by atomic mass is 19.1.